The van der Waals surface area contributed by atoms with E-state index in [1.54, 1.807) is 35.7 Å². The van der Waals surface area contributed by atoms with Gasteiger partial charge in [0.15, 0.2) is 5.13 Å². The molecule has 0 aliphatic rings. The zero-order valence-corrected chi connectivity index (χ0v) is 16.2. The number of ether oxygens (including phenoxy) is 1. The number of hydrogen-bond donors (Lipinski definition) is 3. The number of nitrogens with one attached hydrogen (secondary N) is 2. The average Bonchev–Trinajstić information content (AvgIpc) is 3.30. The minimum absolute atomic E-state index is 0.00386. The van der Waals surface area contributed by atoms with Gasteiger partial charge in [-0.25, -0.2) is 4.98 Å². The number of benzene rings is 1. The molecule has 10 heteroatoms. The largest absolute Gasteiger partial charge is 0.433 e. The third-order valence-corrected chi connectivity index (χ3v) is 5.47. The van der Waals surface area contributed by atoms with E-state index in [4.69, 9.17) is 5.11 Å². The summed E-state index contributed by atoms with van der Waals surface area (Å²) in [5, 5.41) is 16.9. The lowest BCUT2D eigenvalue weighted by molar-refractivity contribution is -0.0493. The van der Waals surface area contributed by atoms with Crippen LogP contribution in [-0.2, 0) is 13.0 Å². The second kappa shape index (κ2) is 9.58. The zero-order valence-electron chi connectivity index (χ0n) is 14.5. The maximum absolute atomic E-state index is 12.5. The van der Waals surface area contributed by atoms with Crippen molar-refractivity contribution in [2.24, 2.45) is 0 Å². The number of carbonyl (C=O) groups is 1. The molecule has 3 aromatic rings. The molecule has 1 amide bonds. The molecule has 3 N–H and O–H groups in total. The van der Waals surface area contributed by atoms with Gasteiger partial charge in [0.05, 0.1) is 16.3 Å². The maximum Gasteiger partial charge on any atom is 0.387 e. The number of amides is 1. The quantitative estimate of drug-likeness (QED) is 0.478. The molecule has 0 saturated heterocycles. The predicted octanol–water partition coefficient (Wildman–Crippen LogP) is 4.21. The molecule has 2 heterocycles. The van der Waals surface area contributed by atoms with Crippen LogP contribution in [-0.4, -0.2) is 29.2 Å². The number of aliphatic hydroxyl groups is 1. The van der Waals surface area contributed by atoms with Gasteiger partial charge in [-0.05, 0) is 24.3 Å². The highest BCUT2D eigenvalue weighted by Gasteiger charge is 2.13. The van der Waals surface area contributed by atoms with Gasteiger partial charge in [0.2, 0.25) is 0 Å². The highest BCUT2D eigenvalue weighted by Crippen LogP contribution is 2.27. The minimum atomic E-state index is -2.90. The fourth-order valence-corrected chi connectivity index (χ4v) is 3.92. The van der Waals surface area contributed by atoms with Crippen molar-refractivity contribution in [1.29, 1.82) is 0 Å². The SMILES string of the molecule is O=C(Nc1nc(CCO)cs1)c1ccc(CNc2ccccc2OC(F)F)s1. The third-order valence-electron chi connectivity index (χ3n) is 3.58. The molecule has 0 radical (unpaired) electrons. The van der Waals surface area contributed by atoms with E-state index < -0.39 is 6.61 Å². The van der Waals surface area contributed by atoms with Crippen molar-refractivity contribution < 1.29 is 23.4 Å². The first-order valence-electron chi connectivity index (χ1n) is 8.28. The number of alkyl halides is 2. The molecule has 0 fully saturated rings. The number of rotatable bonds is 9. The smallest absolute Gasteiger partial charge is 0.387 e. The lowest BCUT2D eigenvalue weighted by Gasteiger charge is -2.11. The Hall–Kier alpha value is -2.56. The number of nitrogens with zero attached hydrogens (tertiary/aromatic N) is 1. The van der Waals surface area contributed by atoms with Gasteiger partial charge in [-0.1, -0.05) is 12.1 Å². The minimum Gasteiger partial charge on any atom is -0.433 e. The van der Waals surface area contributed by atoms with Gasteiger partial charge in [0.1, 0.15) is 5.75 Å². The molecule has 148 valence electrons. The van der Waals surface area contributed by atoms with Crippen molar-refractivity contribution in [3.05, 3.63) is 57.2 Å². The first-order valence-corrected chi connectivity index (χ1v) is 9.98. The fourth-order valence-electron chi connectivity index (χ4n) is 2.34. The highest BCUT2D eigenvalue weighted by atomic mass is 32.1. The number of thiazole rings is 1. The molecule has 28 heavy (non-hydrogen) atoms. The first-order chi connectivity index (χ1) is 13.5. The Bertz CT molecular complexity index is 930. The van der Waals surface area contributed by atoms with Crippen LogP contribution in [0, 0.1) is 0 Å². The molecule has 0 unspecified atom stereocenters. The van der Waals surface area contributed by atoms with E-state index in [9.17, 15) is 13.6 Å². The van der Waals surface area contributed by atoms with Crippen molar-refractivity contribution in [1.82, 2.24) is 4.98 Å². The molecule has 2 aromatic heterocycles. The Labute approximate surface area is 167 Å². The summed E-state index contributed by atoms with van der Waals surface area (Å²) in [5.74, 6) is -0.211. The van der Waals surface area contributed by atoms with E-state index in [0.717, 1.165) is 10.6 Å². The van der Waals surface area contributed by atoms with Crippen LogP contribution in [0.1, 0.15) is 20.2 Å². The van der Waals surface area contributed by atoms with Gasteiger partial charge in [-0.2, -0.15) is 8.78 Å². The van der Waals surface area contributed by atoms with Crippen molar-refractivity contribution in [3.8, 4) is 5.75 Å². The van der Waals surface area contributed by atoms with Crippen molar-refractivity contribution in [2.75, 3.05) is 17.2 Å². The van der Waals surface area contributed by atoms with Crippen LogP contribution in [0.4, 0.5) is 19.6 Å². The van der Waals surface area contributed by atoms with Crippen LogP contribution in [0.3, 0.4) is 0 Å². The standard InChI is InChI=1S/C18H17F2N3O3S2/c19-17(20)26-14-4-2-1-3-13(14)21-9-12-5-6-15(28-12)16(25)23-18-22-11(7-8-24)10-27-18/h1-6,10,17,21,24H,7-9H2,(H,22,23,25). The second-order valence-electron chi connectivity index (χ2n) is 5.57. The van der Waals surface area contributed by atoms with Crippen LogP contribution in [0.2, 0.25) is 0 Å². The number of aromatic nitrogens is 1. The van der Waals surface area contributed by atoms with Crippen LogP contribution in [0.25, 0.3) is 0 Å². The number of aliphatic hydroxyl groups excluding tert-OH is 1. The molecule has 0 aliphatic heterocycles. The van der Waals surface area contributed by atoms with Gasteiger partial charge in [0.25, 0.3) is 5.91 Å². The van der Waals surface area contributed by atoms with E-state index >= 15 is 0 Å². The van der Waals surface area contributed by atoms with Gasteiger partial charge in [0, 0.05) is 29.8 Å². The summed E-state index contributed by atoms with van der Waals surface area (Å²) < 4.78 is 29.4. The number of carbonyl (C=O) groups excluding carboxylic acids is 1. The monoisotopic (exact) mass is 425 g/mol. The number of thiophene rings is 1. The Kier molecular flexibility index (Phi) is 6.90. The average molecular weight is 425 g/mol. The third kappa shape index (κ3) is 5.47. The van der Waals surface area contributed by atoms with Gasteiger partial charge < -0.3 is 15.2 Å². The van der Waals surface area contributed by atoms with Crippen LogP contribution >= 0.6 is 22.7 Å². The van der Waals surface area contributed by atoms with Crippen molar-refractivity contribution in [2.45, 2.75) is 19.6 Å². The summed E-state index contributed by atoms with van der Waals surface area (Å²) in [4.78, 5) is 17.9. The first kappa shape index (κ1) is 20.2. The van der Waals surface area contributed by atoms with Crippen molar-refractivity contribution >= 4 is 39.4 Å². The Morgan fingerprint density at radius 3 is 2.86 bits per heavy atom. The van der Waals surface area contributed by atoms with Gasteiger partial charge >= 0.3 is 6.61 Å². The molecule has 1 aromatic carbocycles. The van der Waals surface area contributed by atoms with E-state index in [1.165, 1.54) is 28.7 Å². The number of hydrogen-bond acceptors (Lipinski definition) is 7. The summed E-state index contributed by atoms with van der Waals surface area (Å²) in [6, 6.07) is 9.92. The van der Waals surface area contributed by atoms with E-state index in [-0.39, 0.29) is 18.3 Å². The molecule has 0 atom stereocenters. The number of halogens is 2. The van der Waals surface area contributed by atoms with Gasteiger partial charge in [-0.15, -0.1) is 22.7 Å². The van der Waals surface area contributed by atoms with E-state index in [1.807, 2.05) is 0 Å². The maximum atomic E-state index is 12.5. The lowest BCUT2D eigenvalue weighted by Crippen LogP contribution is -2.10. The Morgan fingerprint density at radius 2 is 2.07 bits per heavy atom. The molecular weight excluding hydrogens is 408 g/mol. The molecule has 0 aliphatic carbocycles. The number of anilines is 2. The van der Waals surface area contributed by atoms with E-state index in [0.29, 0.717) is 28.7 Å². The van der Waals surface area contributed by atoms with E-state index in [2.05, 4.69) is 20.4 Å². The molecule has 6 nitrogen and oxygen atoms in total. The molecule has 0 bridgehead atoms. The topological polar surface area (TPSA) is 83.5 Å². The fraction of sp³-hybridized carbons (Fsp3) is 0.222. The Morgan fingerprint density at radius 1 is 1.25 bits per heavy atom. The predicted molar refractivity (Wildman–Crippen MR) is 106 cm³/mol. The lowest BCUT2D eigenvalue weighted by atomic mass is 10.3. The van der Waals surface area contributed by atoms with Crippen LogP contribution in [0.15, 0.2) is 41.8 Å². The van der Waals surface area contributed by atoms with Crippen LogP contribution in [0.5, 0.6) is 5.75 Å². The summed E-state index contributed by atoms with van der Waals surface area (Å²) in [6.07, 6.45) is 0.442. The highest BCUT2D eigenvalue weighted by molar-refractivity contribution is 7.15. The zero-order chi connectivity index (χ0) is 19.9. The molecule has 0 spiro atoms. The second-order valence-corrected chi connectivity index (χ2v) is 7.59. The van der Waals surface area contributed by atoms with Gasteiger partial charge in [-0.3, -0.25) is 10.1 Å². The van der Waals surface area contributed by atoms with Crippen LogP contribution < -0.4 is 15.4 Å². The summed E-state index contributed by atoms with van der Waals surface area (Å²) in [5.41, 5.74) is 1.17. The normalized spacial score (nSPS) is 10.9. The molecular formula is C18H17F2N3O3S2. The molecule has 0 saturated carbocycles. The Balaban J connectivity index is 1.59. The van der Waals surface area contributed by atoms with Crippen molar-refractivity contribution in [3.63, 3.8) is 0 Å². The summed E-state index contributed by atoms with van der Waals surface area (Å²) >= 11 is 2.59. The molecule has 3 rings (SSSR count). The summed E-state index contributed by atoms with van der Waals surface area (Å²) in [7, 11) is 0. The number of para-hydroxylation sites is 2. The summed E-state index contributed by atoms with van der Waals surface area (Å²) in [6.45, 7) is -2.53.